The molecule has 1 aliphatic carbocycles. The number of nitrogens with zero attached hydrogens (tertiary/aromatic N) is 1. The van der Waals surface area contributed by atoms with Crippen LogP contribution in [-0.2, 0) is 26.7 Å². The molecule has 2 aromatic carbocycles. The van der Waals surface area contributed by atoms with Crippen molar-refractivity contribution in [3.8, 4) is 0 Å². The maximum Gasteiger partial charge on any atom is 0.416 e. The van der Waals surface area contributed by atoms with Gasteiger partial charge in [-0.15, -0.1) is 0 Å². The van der Waals surface area contributed by atoms with Gasteiger partial charge in [-0.1, -0.05) is 37.3 Å². The highest BCUT2D eigenvalue weighted by molar-refractivity contribution is 5.79. The molecule has 2 aliphatic rings. The number of alkyl halides is 6. The number of rotatable bonds is 7. The molecule has 1 N–H and O–H groups in total. The van der Waals surface area contributed by atoms with Gasteiger partial charge in [0.2, 0.25) is 11.8 Å². The van der Waals surface area contributed by atoms with Crippen molar-refractivity contribution < 1.29 is 40.7 Å². The molecule has 0 radical (unpaired) electrons. The fraction of sp³-hybridized carbons (Fsp3) is 0.548. The first-order valence-corrected chi connectivity index (χ1v) is 14.3. The highest BCUT2D eigenvalue weighted by Crippen LogP contribution is 2.40. The molecule has 0 bridgehead atoms. The van der Waals surface area contributed by atoms with E-state index < -0.39 is 35.7 Å². The number of piperidine rings is 1. The standard InChI is InChI=1S/C31H36F6N2O3/c1-3-28(40)38-25-11-9-21(10-12-25)29(41)39-14-13-27(26(18-39)20-7-5-4-6-8-20)42-19(2)22-15-23(30(32,33)34)17-24(16-22)31(35,36)37/h4-8,15-17,19,21,25-27H,3,9-14,18H2,1-2H3,(H,38,40)/t19-,21?,25?,26+,27+/m1/s1. The Balaban J connectivity index is 1.50. The first-order chi connectivity index (χ1) is 19.8. The van der Waals surface area contributed by atoms with Crippen LogP contribution in [-0.4, -0.2) is 41.9 Å². The van der Waals surface area contributed by atoms with Crippen molar-refractivity contribution in [2.24, 2.45) is 5.92 Å². The zero-order chi connectivity index (χ0) is 30.7. The van der Waals surface area contributed by atoms with Crippen LogP contribution < -0.4 is 5.32 Å². The number of amides is 2. The molecule has 1 saturated heterocycles. The lowest BCUT2D eigenvalue weighted by Crippen LogP contribution is -2.49. The molecule has 0 spiro atoms. The van der Waals surface area contributed by atoms with Crippen LogP contribution >= 0.6 is 0 Å². The largest absolute Gasteiger partial charge is 0.416 e. The van der Waals surface area contributed by atoms with Gasteiger partial charge in [-0.2, -0.15) is 26.3 Å². The predicted octanol–water partition coefficient (Wildman–Crippen LogP) is 7.27. The number of benzene rings is 2. The van der Waals surface area contributed by atoms with E-state index in [2.05, 4.69) is 5.32 Å². The third-order valence-electron chi connectivity index (χ3n) is 8.31. The number of ether oxygens (including phenoxy) is 1. The summed E-state index contributed by atoms with van der Waals surface area (Å²) in [5, 5.41) is 2.99. The van der Waals surface area contributed by atoms with E-state index >= 15 is 0 Å². The smallest absolute Gasteiger partial charge is 0.370 e. The van der Waals surface area contributed by atoms with Crippen molar-refractivity contribution in [2.45, 2.75) is 88.9 Å². The minimum atomic E-state index is -4.95. The zero-order valence-electron chi connectivity index (χ0n) is 23.6. The molecule has 1 heterocycles. The van der Waals surface area contributed by atoms with Gasteiger partial charge in [-0.05, 0) is 68.4 Å². The summed E-state index contributed by atoms with van der Waals surface area (Å²) in [5.41, 5.74) is -2.11. The molecule has 42 heavy (non-hydrogen) atoms. The van der Waals surface area contributed by atoms with Crippen molar-refractivity contribution in [3.05, 3.63) is 70.8 Å². The monoisotopic (exact) mass is 598 g/mol. The van der Waals surface area contributed by atoms with E-state index in [1.165, 1.54) is 6.92 Å². The van der Waals surface area contributed by atoms with Crippen molar-refractivity contribution in [3.63, 3.8) is 0 Å². The van der Waals surface area contributed by atoms with Gasteiger partial charge in [0.1, 0.15) is 0 Å². The molecule has 230 valence electrons. The Labute approximate surface area is 241 Å². The number of hydrogen-bond donors (Lipinski definition) is 1. The third-order valence-corrected chi connectivity index (χ3v) is 8.31. The fourth-order valence-corrected chi connectivity index (χ4v) is 5.94. The summed E-state index contributed by atoms with van der Waals surface area (Å²) in [7, 11) is 0. The zero-order valence-corrected chi connectivity index (χ0v) is 23.6. The van der Waals surface area contributed by atoms with E-state index in [0.29, 0.717) is 50.9 Å². The third kappa shape index (κ3) is 7.85. The number of carbonyl (C=O) groups excluding carboxylic acids is 2. The van der Waals surface area contributed by atoms with Crippen LogP contribution in [0.3, 0.4) is 0 Å². The molecule has 4 rings (SSSR count). The Morgan fingerprint density at radius 3 is 2.07 bits per heavy atom. The number of carbonyl (C=O) groups is 2. The molecule has 2 amide bonds. The van der Waals surface area contributed by atoms with Crippen molar-refractivity contribution in [1.29, 1.82) is 0 Å². The molecule has 5 nitrogen and oxygen atoms in total. The second-order valence-electron chi connectivity index (χ2n) is 11.2. The van der Waals surface area contributed by atoms with Gasteiger partial charge in [0.05, 0.1) is 23.3 Å². The molecule has 11 heteroatoms. The summed E-state index contributed by atoms with van der Waals surface area (Å²) in [6.07, 6.45) is -7.94. The lowest BCUT2D eigenvalue weighted by atomic mass is 9.83. The van der Waals surface area contributed by atoms with E-state index in [-0.39, 0.29) is 41.3 Å². The Morgan fingerprint density at radius 1 is 0.929 bits per heavy atom. The van der Waals surface area contributed by atoms with Crippen LogP contribution in [0.4, 0.5) is 26.3 Å². The van der Waals surface area contributed by atoms with E-state index in [1.54, 1.807) is 11.8 Å². The molecule has 1 aliphatic heterocycles. The van der Waals surface area contributed by atoms with Crippen molar-refractivity contribution >= 4 is 11.8 Å². The molecular formula is C31H36F6N2O3. The number of hydrogen-bond acceptors (Lipinski definition) is 3. The van der Waals surface area contributed by atoms with Crippen LogP contribution in [0.2, 0.25) is 0 Å². The van der Waals surface area contributed by atoms with Crippen LogP contribution in [0.5, 0.6) is 0 Å². The van der Waals surface area contributed by atoms with Crippen LogP contribution in [0.1, 0.15) is 86.6 Å². The van der Waals surface area contributed by atoms with E-state index in [4.69, 9.17) is 4.74 Å². The average Bonchev–Trinajstić information content (AvgIpc) is 2.96. The first-order valence-electron chi connectivity index (χ1n) is 14.3. The SMILES string of the molecule is CCC(=O)NC1CCC(C(=O)N2CC[C@H](O[C@H](C)c3cc(C(F)(F)F)cc(C(F)(F)F)c3)[C@H](c3ccccc3)C2)CC1. The maximum absolute atomic E-state index is 13.5. The molecule has 3 atom stereocenters. The Bertz CT molecular complexity index is 1190. The Morgan fingerprint density at radius 2 is 1.52 bits per heavy atom. The number of likely N-dealkylation sites (tertiary alicyclic amines) is 1. The summed E-state index contributed by atoms with van der Waals surface area (Å²) >= 11 is 0. The van der Waals surface area contributed by atoms with Gasteiger partial charge >= 0.3 is 12.4 Å². The molecule has 0 unspecified atom stereocenters. The van der Waals surface area contributed by atoms with Crippen LogP contribution in [0.15, 0.2) is 48.5 Å². The summed E-state index contributed by atoms with van der Waals surface area (Å²) in [5.74, 6) is -0.472. The van der Waals surface area contributed by atoms with Crippen molar-refractivity contribution in [1.82, 2.24) is 10.2 Å². The van der Waals surface area contributed by atoms with Crippen molar-refractivity contribution in [2.75, 3.05) is 13.1 Å². The van der Waals surface area contributed by atoms with Gasteiger partial charge < -0.3 is 15.0 Å². The normalized spacial score (nSPS) is 24.2. The van der Waals surface area contributed by atoms with E-state index in [0.717, 1.165) is 18.4 Å². The summed E-state index contributed by atoms with van der Waals surface area (Å²) in [6, 6.07) is 10.9. The molecule has 2 fully saturated rings. The van der Waals surface area contributed by atoms with E-state index in [9.17, 15) is 35.9 Å². The lowest BCUT2D eigenvalue weighted by Gasteiger charge is -2.42. The molecule has 2 aromatic rings. The topological polar surface area (TPSA) is 58.6 Å². The average molecular weight is 599 g/mol. The van der Waals surface area contributed by atoms with Crippen LogP contribution in [0.25, 0.3) is 0 Å². The number of halogens is 6. The first kappa shape index (κ1) is 31.8. The maximum atomic E-state index is 13.5. The van der Waals surface area contributed by atoms with Gasteiger partial charge in [0, 0.05) is 37.4 Å². The second-order valence-corrected chi connectivity index (χ2v) is 11.2. The highest BCUT2D eigenvalue weighted by atomic mass is 19.4. The summed E-state index contributed by atoms with van der Waals surface area (Å²) in [6.45, 7) is 3.93. The van der Waals surface area contributed by atoms with E-state index in [1.807, 2.05) is 30.3 Å². The van der Waals surface area contributed by atoms with Gasteiger partial charge in [-0.25, -0.2) is 0 Å². The van der Waals surface area contributed by atoms with Gasteiger partial charge in [-0.3, -0.25) is 9.59 Å². The Hall–Kier alpha value is -3.08. The minimum absolute atomic E-state index is 0.00783. The second kappa shape index (κ2) is 13.1. The molecule has 0 aromatic heterocycles. The summed E-state index contributed by atoms with van der Waals surface area (Å²) in [4.78, 5) is 27.0. The highest BCUT2D eigenvalue weighted by Gasteiger charge is 2.40. The Kier molecular flexibility index (Phi) is 9.90. The lowest BCUT2D eigenvalue weighted by molar-refractivity contribution is -0.143. The predicted molar refractivity (Wildman–Crippen MR) is 144 cm³/mol. The van der Waals surface area contributed by atoms with Gasteiger partial charge in [0.25, 0.3) is 0 Å². The molecule has 1 saturated carbocycles. The molecular weight excluding hydrogens is 562 g/mol. The summed E-state index contributed by atoms with van der Waals surface area (Å²) < 4.78 is 86.9. The number of nitrogens with one attached hydrogen (secondary N) is 1. The van der Waals surface area contributed by atoms with Crippen LogP contribution in [0, 0.1) is 5.92 Å². The fourth-order valence-electron chi connectivity index (χ4n) is 5.94. The van der Waals surface area contributed by atoms with Gasteiger partial charge in [0.15, 0.2) is 0 Å². The quantitative estimate of drug-likeness (QED) is 0.341. The minimum Gasteiger partial charge on any atom is -0.370 e.